The highest BCUT2D eigenvalue weighted by atomic mass is 16.5. The molecule has 0 saturated heterocycles. The summed E-state index contributed by atoms with van der Waals surface area (Å²) in [5.41, 5.74) is 1.05. The van der Waals surface area contributed by atoms with Crippen molar-refractivity contribution in [1.29, 1.82) is 0 Å². The van der Waals surface area contributed by atoms with Crippen molar-refractivity contribution in [3.8, 4) is 0 Å². The fourth-order valence-corrected chi connectivity index (χ4v) is 1.47. The number of carbonyl (C=O) groups is 1. The zero-order chi connectivity index (χ0) is 12.1. The molecule has 1 aromatic rings. The van der Waals surface area contributed by atoms with E-state index in [9.17, 15) is 9.90 Å². The van der Waals surface area contributed by atoms with Gasteiger partial charge in [-0.2, -0.15) is 0 Å². The number of aryl methyl sites for hydroxylation is 1. The second kappa shape index (κ2) is 5.67. The van der Waals surface area contributed by atoms with Gasteiger partial charge in [0.2, 0.25) is 0 Å². The van der Waals surface area contributed by atoms with Crippen LogP contribution in [0, 0.1) is 0 Å². The lowest BCUT2D eigenvalue weighted by Gasteiger charge is -2.18. The molecule has 0 aliphatic rings. The third-order valence-corrected chi connectivity index (χ3v) is 2.36. The van der Waals surface area contributed by atoms with Gasteiger partial charge in [-0.15, -0.1) is 0 Å². The van der Waals surface area contributed by atoms with Crippen molar-refractivity contribution in [2.45, 2.75) is 25.6 Å². The van der Waals surface area contributed by atoms with E-state index in [1.54, 1.807) is 6.92 Å². The van der Waals surface area contributed by atoms with Gasteiger partial charge in [0.1, 0.15) is 6.04 Å². The molecule has 16 heavy (non-hydrogen) atoms. The first-order valence-electron chi connectivity index (χ1n) is 5.14. The topological polar surface area (TPSA) is 63.5 Å². The van der Waals surface area contributed by atoms with Crippen molar-refractivity contribution < 1.29 is 14.6 Å². The summed E-state index contributed by atoms with van der Waals surface area (Å²) in [7, 11) is 3.23. The minimum atomic E-state index is -0.781. The van der Waals surface area contributed by atoms with Crippen LogP contribution in [0.2, 0.25) is 0 Å². The van der Waals surface area contributed by atoms with Gasteiger partial charge in [-0.25, -0.2) is 0 Å². The Bertz CT molecular complexity index is 347. The van der Waals surface area contributed by atoms with Crippen LogP contribution in [0.5, 0.6) is 0 Å². The number of aromatic nitrogens is 1. The minimum absolute atomic E-state index is 0.453. The molecule has 5 heteroatoms. The van der Waals surface area contributed by atoms with Gasteiger partial charge in [0, 0.05) is 26.0 Å². The number of ether oxygens (including phenoxy) is 1. The summed E-state index contributed by atoms with van der Waals surface area (Å²) in [4.78, 5) is 11.3. The standard InChI is InChI=1S/C11H18N2O3/c1-8(14)10(11(15)16-3)12-6-9-4-5-13(2)7-9/h4-5,7-8,10,12,14H,6H2,1-3H3/t8-,10-/m1/s1. The lowest BCUT2D eigenvalue weighted by atomic mass is 10.2. The van der Waals surface area contributed by atoms with E-state index in [-0.39, 0.29) is 0 Å². The van der Waals surface area contributed by atoms with Gasteiger partial charge in [-0.05, 0) is 18.6 Å². The Morgan fingerprint density at radius 3 is 2.81 bits per heavy atom. The quantitative estimate of drug-likeness (QED) is 0.696. The third-order valence-electron chi connectivity index (χ3n) is 2.36. The monoisotopic (exact) mass is 226 g/mol. The van der Waals surface area contributed by atoms with Crippen LogP contribution in [0.15, 0.2) is 18.5 Å². The van der Waals surface area contributed by atoms with Crippen LogP contribution < -0.4 is 5.32 Å². The van der Waals surface area contributed by atoms with Crippen molar-refractivity contribution in [2.24, 2.45) is 7.05 Å². The van der Waals surface area contributed by atoms with Gasteiger partial charge in [-0.1, -0.05) is 0 Å². The molecular formula is C11H18N2O3. The molecule has 2 N–H and O–H groups in total. The van der Waals surface area contributed by atoms with Gasteiger partial charge in [0.25, 0.3) is 0 Å². The smallest absolute Gasteiger partial charge is 0.325 e. The van der Waals surface area contributed by atoms with Crippen LogP contribution in [0.1, 0.15) is 12.5 Å². The maximum atomic E-state index is 11.3. The molecule has 1 aromatic heterocycles. The highest BCUT2D eigenvalue weighted by molar-refractivity contribution is 5.76. The van der Waals surface area contributed by atoms with E-state index >= 15 is 0 Å². The lowest BCUT2D eigenvalue weighted by Crippen LogP contribution is -2.45. The van der Waals surface area contributed by atoms with Crippen molar-refractivity contribution in [3.05, 3.63) is 24.0 Å². The fourth-order valence-electron chi connectivity index (χ4n) is 1.47. The molecule has 0 saturated carbocycles. The summed E-state index contributed by atoms with van der Waals surface area (Å²) < 4.78 is 6.52. The summed E-state index contributed by atoms with van der Waals surface area (Å²) in [5, 5.41) is 12.4. The molecule has 0 bridgehead atoms. The summed E-state index contributed by atoms with van der Waals surface area (Å²) in [6.45, 7) is 2.07. The minimum Gasteiger partial charge on any atom is -0.468 e. The Morgan fingerprint density at radius 1 is 1.69 bits per heavy atom. The number of rotatable bonds is 5. The first-order chi connectivity index (χ1) is 7.54. The van der Waals surface area contributed by atoms with Crippen molar-refractivity contribution in [3.63, 3.8) is 0 Å². The van der Waals surface area contributed by atoms with Crippen molar-refractivity contribution in [2.75, 3.05) is 7.11 Å². The number of hydrogen-bond donors (Lipinski definition) is 2. The lowest BCUT2D eigenvalue weighted by molar-refractivity contribution is -0.145. The number of aliphatic hydroxyl groups is 1. The van der Waals surface area contributed by atoms with E-state index in [2.05, 4.69) is 10.1 Å². The molecule has 0 radical (unpaired) electrons. The summed E-state index contributed by atoms with van der Waals surface area (Å²) in [6, 6.07) is 1.26. The number of aliphatic hydroxyl groups excluding tert-OH is 1. The second-order valence-electron chi connectivity index (χ2n) is 3.81. The number of hydrogen-bond acceptors (Lipinski definition) is 4. The molecule has 0 aliphatic heterocycles. The summed E-state index contributed by atoms with van der Waals surface area (Å²) in [5.74, 6) is -0.453. The van der Waals surface area contributed by atoms with E-state index in [0.29, 0.717) is 6.54 Å². The second-order valence-corrected chi connectivity index (χ2v) is 3.81. The van der Waals surface area contributed by atoms with E-state index in [1.807, 2.05) is 30.1 Å². The molecular weight excluding hydrogens is 208 g/mol. The van der Waals surface area contributed by atoms with Crippen LogP contribution in [0.25, 0.3) is 0 Å². The number of esters is 1. The molecule has 0 amide bonds. The van der Waals surface area contributed by atoms with E-state index in [1.165, 1.54) is 7.11 Å². The van der Waals surface area contributed by atoms with Gasteiger partial charge < -0.3 is 14.4 Å². The SMILES string of the molecule is COC(=O)[C@H](NCc1ccn(C)c1)[C@@H](C)O. The number of nitrogens with one attached hydrogen (secondary N) is 1. The zero-order valence-corrected chi connectivity index (χ0v) is 9.80. The highest BCUT2D eigenvalue weighted by Gasteiger charge is 2.23. The van der Waals surface area contributed by atoms with Crippen LogP contribution in [0.3, 0.4) is 0 Å². The van der Waals surface area contributed by atoms with E-state index in [4.69, 9.17) is 0 Å². The maximum Gasteiger partial charge on any atom is 0.325 e. The molecule has 0 unspecified atom stereocenters. The van der Waals surface area contributed by atoms with Crippen LogP contribution in [-0.4, -0.2) is 34.9 Å². The molecule has 1 heterocycles. The first-order valence-corrected chi connectivity index (χ1v) is 5.14. The third kappa shape index (κ3) is 3.36. The Balaban J connectivity index is 2.53. The Labute approximate surface area is 95.0 Å². The molecule has 0 aliphatic carbocycles. The van der Waals surface area contributed by atoms with Gasteiger partial charge in [0.05, 0.1) is 13.2 Å². The van der Waals surface area contributed by atoms with E-state index in [0.717, 1.165) is 5.56 Å². The Kier molecular flexibility index (Phi) is 4.52. The van der Waals surface area contributed by atoms with Crippen LogP contribution >= 0.6 is 0 Å². The summed E-state index contributed by atoms with van der Waals surface area (Å²) in [6.07, 6.45) is 3.09. The predicted octanol–water partition coefficient (Wildman–Crippen LogP) is 0.0371. The largest absolute Gasteiger partial charge is 0.468 e. The number of nitrogens with zero attached hydrogens (tertiary/aromatic N) is 1. The summed E-state index contributed by atoms with van der Waals surface area (Å²) >= 11 is 0. The molecule has 0 fully saturated rings. The zero-order valence-electron chi connectivity index (χ0n) is 9.80. The van der Waals surface area contributed by atoms with Crippen molar-refractivity contribution >= 4 is 5.97 Å². The van der Waals surface area contributed by atoms with Crippen LogP contribution in [-0.2, 0) is 23.1 Å². The van der Waals surface area contributed by atoms with Gasteiger partial charge >= 0.3 is 5.97 Å². The Hall–Kier alpha value is -1.33. The predicted molar refractivity (Wildman–Crippen MR) is 59.7 cm³/mol. The Morgan fingerprint density at radius 2 is 2.38 bits per heavy atom. The van der Waals surface area contributed by atoms with Crippen LogP contribution in [0.4, 0.5) is 0 Å². The molecule has 0 aromatic carbocycles. The average Bonchev–Trinajstić information content (AvgIpc) is 2.63. The average molecular weight is 226 g/mol. The van der Waals surface area contributed by atoms with Gasteiger partial charge in [0.15, 0.2) is 0 Å². The van der Waals surface area contributed by atoms with Gasteiger partial charge in [-0.3, -0.25) is 10.1 Å². The van der Waals surface area contributed by atoms with Crippen molar-refractivity contribution in [1.82, 2.24) is 9.88 Å². The normalized spacial score (nSPS) is 14.5. The maximum absolute atomic E-state index is 11.3. The first kappa shape index (κ1) is 12.7. The molecule has 2 atom stereocenters. The number of methoxy groups -OCH3 is 1. The molecule has 90 valence electrons. The molecule has 0 spiro atoms. The highest BCUT2D eigenvalue weighted by Crippen LogP contribution is 2.02. The molecule has 5 nitrogen and oxygen atoms in total. The fraction of sp³-hybridized carbons (Fsp3) is 0.545. The van der Waals surface area contributed by atoms with E-state index < -0.39 is 18.1 Å². The molecule has 1 rings (SSSR count). The number of carbonyl (C=O) groups excluding carboxylic acids is 1.